The molecule has 2 N–H and O–H groups in total. The van der Waals surface area contributed by atoms with E-state index in [9.17, 15) is 4.79 Å². The van der Waals surface area contributed by atoms with E-state index in [2.05, 4.69) is 25.8 Å². The maximum Gasteiger partial charge on any atom is 0.320 e. The maximum atomic E-state index is 11.8. The van der Waals surface area contributed by atoms with Crippen LogP contribution in [0.1, 0.15) is 42.7 Å². The first-order valence-electron chi connectivity index (χ1n) is 7.26. The van der Waals surface area contributed by atoms with Crippen LogP contribution >= 0.6 is 0 Å². The van der Waals surface area contributed by atoms with Gasteiger partial charge in [0.15, 0.2) is 5.82 Å². The minimum atomic E-state index is -0.305. The van der Waals surface area contributed by atoms with Crippen LogP contribution in [0.15, 0.2) is 16.7 Å². The molecule has 0 saturated carbocycles. The molecule has 7 nitrogen and oxygen atoms in total. The van der Waals surface area contributed by atoms with Crippen LogP contribution in [0, 0.1) is 13.8 Å². The summed E-state index contributed by atoms with van der Waals surface area (Å²) in [6, 6.07) is 3.46. The molecule has 2 aromatic heterocycles. The highest BCUT2D eigenvalue weighted by Gasteiger charge is 2.10. The summed E-state index contributed by atoms with van der Waals surface area (Å²) in [6.45, 7) is 8.25. The lowest BCUT2D eigenvalue weighted by atomic mass is 10.2. The Labute approximate surface area is 129 Å². The van der Waals surface area contributed by atoms with Crippen molar-refractivity contribution in [3.63, 3.8) is 0 Å². The van der Waals surface area contributed by atoms with Gasteiger partial charge < -0.3 is 9.84 Å². The molecule has 2 heterocycles. The van der Waals surface area contributed by atoms with Crippen LogP contribution in [0.5, 0.6) is 0 Å². The molecule has 0 atom stereocenters. The van der Waals surface area contributed by atoms with E-state index in [4.69, 9.17) is 4.52 Å². The van der Waals surface area contributed by atoms with Crippen LogP contribution in [0.4, 0.5) is 10.6 Å². The molecule has 22 heavy (non-hydrogen) atoms. The van der Waals surface area contributed by atoms with Crippen molar-refractivity contribution in [1.82, 2.24) is 20.4 Å². The molecule has 2 amide bonds. The number of amides is 2. The average molecular weight is 303 g/mol. The van der Waals surface area contributed by atoms with E-state index in [0.717, 1.165) is 11.3 Å². The smallest absolute Gasteiger partial charge is 0.320 e. The van der Waals surface area contributed by atoms with Gasteiger partial charge in [-0.25, -0.2) is 9.78 Å². The molecule has 0 radical (unpaired) electrons. The second-order valence-corrected chi connectivity index (χ2v) is 5.50. The van der Waals surface area contributed by atoms with Crippen molar-refractivity contribution in [2.24, 2.45) is 0 Å². The first kappa shape index (κ1) is 15.9. The quantitative estimate of drug-likeness (QED) is 0.885. The number of hydrogen-bond acceptors (Lipinski definition) is 5. The molecule has 2 rings (SSSR count). The zero-order valence-corrected chi connectivity index (χ0v) is 13.3. The van der Waals surface area contributed by atoms with Crippen LogP contribution in [-0.4, -0.2) is 27.7 Å². The minimum Gasteiger partial charge on any atom is -0.339 e. The van der Waals surface area contributed by atoms with E-state index in [1.54, 1.807) is 0 Å². The van der Waals surface area contributed by atoms with E-state index < -0.39 is 0 Å². The number of nitrogens with one attached hydrogen (secondary N) is 2. The lowest BCUT2D eigenvalue weighted by Gasteiger charge is -2.07. The van der Waals surface area contributed by atoms with Gasteiger partial charge in [0.05, 0.1) is 0 Å². The van der Waals surface area contributed by atoms with Gasteiger partial charge in [0.2, 0.25) is 5.89 Å². The summed E-state index contributed by atoms with van der Waals surface area (Å²) < 4.78 is 5.11. The Hall–Kier alpha value is -2.44. The molecule has 0 aliphatic carbocycles. The maximum absolute atomic E-state index is 11.8. The number of carbonyl (C=O) groups is 1. The summed E-state index contributed by atoms with van der Waals surface area (Å²) >= 11 is 0. The average Bonchev–Trinajstić information content (AvgIpc) is 2.86. The summed E-state index contributed by atoms with van der Waals surface area (Å²) in [5.74, 6) is 1.96. The molecule has 0 fully saturated rings. The summed E-state index contributed by atoms with van der Waals surface area (Å²) in [4.78, 5) is 20.3. The number of rotatable bonds is 5. The van der Waals surface area contributed by atoms with Crippen molar-refractivity contribution >= 4 is 11.8 Å². The number of carbonyl (C=O) groups excluding carboxylic acids is 1. The lowest BCUT2D eigenvalue weighted by molar-refractivity contribution is 0.251. The van der Waals surface area contributed by atoms with Crippen molar-refractivity contribution in [1.29, 1.82) is 0 Å². The zero-order chi connectivity index (χ0) is 16.1. The fourth-order valence-electron chi connectivity index (χ4n) is 1.95. The molecule has 2 aromatic rings. The molecule has 0 bridgehead atoms. The SMILES string of the molecule is Cc1cc(C)nc(NC(=O)NCCc2nc(C(C)C)no2)c1. The standard InChI is InChI=1S/C15H21N5O2/c1-9(2)14-19-13(22-20-14)5-6-16-15(21)18-12-8-10(3)7-11(4)17-12/h7-9H,5-6H2,1-4H3,(H2,16,17,18,21). The molecule has 7 heteroatoms. The Morgan fingerprint density at radius 3 is 2.68 bits per heavy atom. The van der Waals surface area contributed by atoms with Gasteiger partial charge in [-0.15, -0.1) is 0 Å². The second kappa shape index (κ2) is 7.02. The van der Waals surface area contributed by atoms with E-state index in [0.29, 0.717) is 30.5 Å². The second-order valence-electron chi connectivity index (χ2n) is 5.50. The van der Waals surface area contributed by atoms with Gasteiger partial charge in [0.25, 0.3) is 0 Å². The molecule has 0 unspecified atom stereocenters. The van der Waals surface area contributed by atoms with Crippen molar-refractivity contribution in [3.8, 4) is 0 Å². The molecule has 0 saturated heterocycles. The normalized spacial score (nSPS) is 10.8. The lowest BCUT2D eigenvalue weighted by Crippen LogP contribution is -2.30. The Kier molecular flexibility index (Phi) is 5.08. The number of hydrogen-bond donors (Lipinski definition) is 2. The van der Waals surface area contributed by atoms with Gasteiger partial charge in [-0.3, -0.25) is 5.32 Å². The predicted octanol–water partition coefficient (Wildman–Crippen LogP) is 2.57. The Morgan fingerprint density at radius 2 is 2.05 bits per heavy atom. The molecule has 0 aromatic carbocycles. The zero-order valence-electron chi connectivity index (χ0n) is 13.3. The first-order chi connectivity index (χ1) is 10.4. The van der Waals surface area contributed by atoms with E-state index >= 15 is 0 Å². The van der Waals surface area contributed by atoms with Crippen LogP contribution in [0.25, 0.3) is 0 Å². The van der Waals surface area contributed by atoms with E-state index in [-0.39, 0.29) is 11.9 Å². The number of anilines is 1. The molecular weight excluding hydrogens is 282 g/mol. The van der Waals surface area contributed by atoms with Gasteiger partial charge in [-0.05, 0) is 31.5 Å². The first-order valence-corrected chi connectivity index (χ1v) is 7.26. The molecule has 0 spiro atoms. The third kappa shape index (κ3) is 4.54. The van der Waals surface area contributed by atoms with Gasteiger partial charge in [-0.2, -0.15) is 4.98 Å². The Bertz CT molecular complexity index is 631. The van der Waals surface area contributed by atoms with Crippen molar-refractivity contribution < 1.29 is 9.32 Å². The summed E-state index contributed by atoms with van der Waals surface area (Å²) in [5, 5.41) is 9.32. The largest absolute Gasteiger partial charge is 0.339 e. The van der Waals surface area contributed by atoms with Crippen LogP contribution in [-0.2, 0) is 6.42 Å². The Balaban J connectivity index is 1.80. The third-order valence-corrected chi connectivity index (χ3v) is 2.96. The topological polar surface area (TPSA) is 92.9 Å². The van der Waals surface area contributed by atoms with Gasteiger partial charge in [0, 0.05) is 24.6 Å². The monoisotopic (exact) mass is 303 g/mol. The van der Waals surface area contributed by atoms with Crippen LogP contribution in [0.2, 0.25) is 0 Å². The van der Waals surface area contributed by atoms with Crippen molar-refractivity contribution in [2.45, 2.75) is 40.0 Å². The molecule has 0 aliphatic rings. The number of pyridine rings is 1. The highest BCUT2D eigenvalue weighted by atomic mass is 16.5. The fraction of sp³-hybridized carbons (Fsp3) is 0.467. The van der Waals surface area contributed by atoms with Crippen molar-refractivity contribution in [3.05, 3.63) is 35.1 Å². The van der Waals surface area contributed by atoms with E-state index in [1.165, 1.54) is 0 Å². The van der Waals surface area contributed by atoms with Crippen molar-refractivity contribution in [2.75, 3.05) is 11.9 Å². The number of nitrogens with zero attached hydrogens (tertiary/aromatic N) is 3. The van der Waals surface area contributed by atoms with Crippen LogP contribution in [0.3, 0.4) is 0 Å². The fourth-order valence-corrected chi connectivity index (χ4v) is 1.95. The summed E-state index contributed by atoms with van der Waals surface area (Å²) in [6.07, 6.45) is 0.493. The van der Waals surface area contributed by atoms with Crippen LogP contribution < -0.4 is 10.6 Å². The molecular formula is C15H21N5O2. The summed E-state index contributed by atoms with van der Waals surface area (Å²) in [5.41, 5.74) is 1.91. The number of aryl methyl sites for hydroxylation is 2. The number of urea groups is 1. The highest BCUT2D eigenvalue weighted by Crippen LogP contribution is 2.10. The number of aromatic nitrogens is 3. The van der Waals surface area contributed by atoms with E-state index in [1.807, 2.05) is 39.8 Å². The highest BCUT2D eigenvalue weighted by molar-refractivity contribution is 5.88. The molecule has 118 valence electrons. The Morgan fingerprint density at radius 1 is 1.27 bits per heavy atom. The van der Waals surface area contributed by atoms with Gasteiger partial charge >= 0.3 is 6.03 Å². The predicted molar refractivity (Wildman–Crippen MR) is 82.8 cm³/mol. The summed E-state index contributed by atoms with van der Waals surface area (Å²) in [7, 11) is 0. The van der Waals surface area contributed by atoms with Gasteiger partial charge in [0.1, 0.15) is 5.82 Å². The van der Waals surface area contributed by atoms with Gasteiger partial charge in [-0.1, -0.05) is 19.0 Å². The third-order valence-electron chi connectivity index (χ3n) is 2.96. The molecule has 0 aliphatic heterocycles. The minimum absolute atomic E-state index is 0.226.